The summed E-state index contributed by atoms with van der Waals surface area (Å²) < 4.78 is 0. The highest BCUT2D eigenvalue weighted by atomic mass is 16.6. The number of hydrogen-bond donors (Lipinski definition) is 1. The fraction of sp³-hybridized carbons (Fsp3) is 0.200. The Hall–Kier alpha value is -2.94. The number of nitrogens with zero attached hydrogens (tertiary/aromatic N) is 3. The first-order valence-electron chi connectivity index (χ1n) is 6.54. The SMILES string of the molecule is N#CC1Cc2ccc(Nc3ccncc3[N+](=O)[O-])cc2C1. The number of fused-ring (bicyclic) bond motifs is 1. The fourth-order valence-corrected chi connectivity index (χ4v) is 2.58. The second kappa shape index (κ2) is 5.21. The molecule has 0 bridgehead atoms. The Balaban J connectivity index is 1.88. The lowest BCUT2D eigenvalue weighted by molar-refractivity contribution is -0.384. The van der Waals surface area contributed by atoms with Crippen LogP contribution in [0.15, 0.2) is 36.7 Å². The number of pyridine rings is 1. The molecule has 0 amide bonds. The van der Waals surface area contributed by atoms with Crippen molar-refractivity contribution in [2.75, 3.05) is 5.32 Å². The molecular weight excluding hydrogens is 268 g/mol. The predicted octanol–water partition coefficient (Wildman–Crippen LogP) is 2.97. The van der Waals surface area contributed by atoms with E-state index in [-0.39, 0.29) is 11.6 Å². The Bertz CT molecular complexity index is 752. The fourth-order valence-electron chi connectivity index (χ4n) is 2.58. The summed E-state index contributed by atoms with van der Waals surface area (Å²) in [5.41, 5.74) is 3.43. The van der Waals surface area contributed by atoms with Gasteiger partial charge in [0.05, 0.1) is 16.9 Å². The molecule has 1 aromatic carbocycles. The minimum atomic E-state index is -0.464. The van der Waals surface area contributed by atoms with Crippen LogP contribution in [-0.2, 0) is 12.8 Å². The van der Waals surface area contributed by atoms with Crippen LogP contribution in [0.25, 0.3) is 0 Å². The van der Waals surface area contributed by atoms with Crippen molar-refractivity contribution in [2.45, 2.75) is 12.8 Å². The largest absolute Gasteiger partial charge is 0.350 e. The third-order valence-corrected chi connectivity index (χ3v) is 3.60. The number of benzene rings is 1. The van der Waals surface area contributed by atoms with Crippen molar-refractivity contribution in [2.24, 2.45) is 5.92 Å². The van der Waals surface area contributed by atoms with Gasteiger partial charge in [-0.25, -0.2) is 0 Å². The zero-order valence-electron chi connectivity index (χ0n) is 11.1. The molecular formula is C15H12N4O2. The van der Waals surface area contributed by atoms with Crippen LogP contribution < -0.4 is 5.32 Å². The van der Waals surface area contributed by atoms with Gasteiger partial charge in [-0.3, -0.25) is 15.1 Å². The minimum absolute atomic E-state index is 0.0329. The lowest BCUT2D eigenvalue weighted by atomic mass is 10.1. The Kier molecular flexibility index (Phi) is 3.24. The molecule has 104 valence electrons. The van der Waals surface area contributed by atoms with Crippen molar-refractivity contribution in [3.8, 4) is 6.07 Å². The molecule has 1 aliphatic carbocycles. The van der Waals surface area contributed by atoms with E-state index in [1.165, 1.54) is 18.0 Å². The van der Waals surface area contributed by atoms with Gasteiger partial charge in [0.2, 0.25) is 0 Å². The average molecular weight is 280 g/mol. The second-order valence-electron chi connectivity index (χ2n) is 4.99. The highest BCUT2D eigenvalue weighted by Gasteiger charge is 2.21. The van der Waals surface area contributed by atoms with Crippen LogP contribution in [0.2, 0.25) is 0 Å². The van der Waals surface area contributed by atoms with E-state index in [2.05, 4.69) is 16.4 Å². The number of nitriles is 1. The first-order valence-corrected chi connectivity index (χ1v) is 6.54. The summed E-state index contributed by atoms with van der Waals surface area (Å²) in [5, 5.41) is 23.0. The van der Waals surface area contributed by atoms with Gasteiger partial charge in [-0.05, 0) is 42.2 Å². The van der Waals surface area contributed by atoms with Crippen molar-refractivity contribution in [3.05, 3.63) is 57.9 Å². The Labute approximate surface area is 121 Å². The molecule has 6 nitrogen and oxygen atoms in total. The topological polar surface area (TPSA) is 91.8 Å². The molecule has 0 radical (unpaired) electrons. The van der Waals surface area contributed by atoms with Crippen LogP contribution in [0.1, 0.15) is 11.1 Å². The van der Waals surface area contributed by atoms with Gasteiger partial charge in [0, 0.05) is 11.9 Å². The quantitative estimate of drug-likeness (QED) is 0.689. The van der Waals surface area contributed by atoms with E-state index in [1.54, 1.807) is 6.07 Å². The summed E-state index contributed by atoms with van der Waals surface area (Å²) in [6, 6.07) is 9.67. The van der Waals surface area contributed by atoms with E-state index in [1.807, 2.05) is 18.2 Å². The lowest BCUT2D eigenvalue weighted by Crippen LogP contribution is -1.98. The van der Waals surface area contributed by atoms with Gasteiger partial charge in [0.25, 0.3) is 0 Å². The smallest absolute Gasteiger partial charge is 0.310 e. The van der Waals surface area contributed by atoms with Crippen molar-refractivity contribution in [1.29, 1.82) is 5.26 Å². The van der Waals surface area contributed by atoms with Crippen molar-refractivity contribution in [1.82, 2.24) is 4.98 Å². The molecule has 1 heterocycles. The van der Waals surface area contributed by atoms with Gasteiger partial charge < -0.3 is 5.32 Å². The van der Waals surface area contributed by atoms with E-state index < -0.39 is 4.92 Å². The molecule has 21 heavy (non-hydrogen) atoms. The summed E-state index contributed by atoms with van der Waals surface area (Å²) >= 11 is 0. The summed E-state index contributed by atoms with van der Waals surface area (Å²) in [6.45, 7) is 0. The maximum atomic E-state index is 11.0. The zero-order chi connectivity index (χ0) is 14.8. The number of rotatable bonds is 3. The first kappa shape index (κ1) is 13.1. The number of aromatic nitrogens is 1. The van der Waals surface area contributed by atoms with E-state index in [9.17, 15) is 10.1 Å². The molecule has 2 aromatic rings. The van der Waals surface area contributed by atoms with E-state index in [0.717, 1.165) is 24.1 Å². The Morgan fingerprint density at radius 1 is 1.33 bits per heavy atom. The summed E-state index contributed by atoms with van der Waals surface area (Å²) in [6.07, 6.45) is 4.25. The van der Waals surface area contributed by atoms with Crippen LogP contribution in [0.4, 0.5) is 17.1 Å². The Morgan fingerprint density at radius 2 is 2.14 bits per heavy atom. The summed E-state index contributed by atoms with van der Waals surface area (Å²) in [7, 11) is 0. The minimum Gasteiger partial charge on any atom is -0.350 e. The monoisotopic (exact) mass is 280 g/mol. The molecule has 0 spiro atoms. The molecule has 3 rings (SSSR count). The van der Waals surface area contributed by atoms with Crippen LogP contribution in [0, 0.1) is 27.4 Å². The molecule has 0 saturated carbocycles. The van der Waals surface area contributed by atoms with Crippen LogP contribution >= 0.6 is 0 Å². The zero-order valence-corrected chi connectivity index (χ0v) is 11.1. The standard InChI is InChI=1S/C15H12N4O2/c16-8-10-5-11-1-2-13(7-12(11)6-10)18-14-3-4-17-9-15(14)19(20)21/h1-4,7,9-10H,5-6H2,(H,17,18). The molecule has 0 saturated heterocycles. The maximum absolute atomic E-state index is 11.0. The molecule has 1 N–H and O–H groups in total. The van der Waals surface area contributed by atoms with Gasteiger partial charge in [-0.1, -0.05) is 6.07 Å². The van der Waals surface area contributed by atoms with Gasteiger partial charge in [-0.15, -0.1) is 0 Å². The van der Waals surface area contributed by atoms with Crippen LogP contribution in [0.5, 0.6) is 0 Å². The molecule has 1 atom stereocenters. The second-order valence-corrected chi connectivity index (χ2v) is 4.99. The molecule has 0 aliphatic heterocycles. The van der Waals surface area contributed by atoms with Crippen LogP contribution in [-0.4, -0.2) is 9.91 Å². The van der Waals surface area contributed by atoms with Crippen molar-refractivity contribution in [3.63, 3.8) is 0 Å². The van der Waals surface area contributed by atoms with Gasteiger partial charge in [0.15, 0.2) is 0 Å². The molecule has 0 fully saturated rings. The summed E-state index contributed by atoms with van der Waals surface area (Å²) in [4.78, 5) is 14.3. The van der Waals surface area contributed by atoms with E-state index in [4.69, 9.17) is 5.26 Å². The highest BCUT2D eigenvalue weighted by Crippen LogP contribution is 2.31. The van der Waals surface area contributed by atoms with E-state index in [0.29, 0.717) is 5.69 Å². The molecule has 6 heteroatoms. The Morgan fingerprint density at radius 3 is 2.90 bits per heavy atom. The van der Waals surface area contributed by atoms with Gasteiger partial charge in [0.1, 0.15) is 11.9 Å². The first-order chi connectivity index (χ1) is 10.2. The number of nitrogens with one attached hydrogen (secondary N) is 1. The van der Waals surface area contributed by atoms with Crippen LogP contribution in [0.3, 0.4) is 0 Å². The third kappa shape index (κ3) is 2.54. The predicted molar refractivity (Wildman–Crippen MR) is 77.1 cm³/mol. The van der Waals surface area contributed by atoms with Gasteiger partial charge in [-0.2, -0.15) is 5.26 Å². The summed E-state index contributed by atoms with van der Waals surface area (Å²) in [5.74, 6) is 0.0329. The number of nitro groups is 1. The highest BCUT2D eigenvalue weighted by molar-refractivity contribution is 5.69. The van der Waals surface area contributed by atoms with Crippen molar-refractivity contribution < 1.29 is 4.92 Å². The normalized spacial score (nSPS) is 16.0. The number of hydrogen-bond acceptors (Lipinski definition) is 5. The lowest BCUT2D eigenvalue weighted by Gasteiger charge is -2.08. The molecule has 1 unspecified atom stereocenters. The average Bonchev–Trinajstić information content (AvgIpc) is 2.90. The maximum Gasteiger partial charge on any atom is 0.310 e. The van der Waals surface area contributed by atoms with E-state index >= 15 is 0 Å². The number of anilines is 2. The molecule has 1 aromatic heterocycles. The van der Waals surface area contributed by atoms with Crippen molar-refractivity contribution >= 4 is 17.1 Å². The third-order valence-electron chi connectivity index (χ3n) is 3.60. The molecule has 1 aliphatic rings. The van der Waals surface area contributed by atoms with Gasteiger partial charge >= 0.3 is 5.69 Å².